The van der Waals surface area contributed by atoms with E-state index in [9.17, 15) is 23.1 Å². The summed E-state index contributed by atoms with van der Waals surface area (Å²) in [6, 6.07) is 20.2. The molecule has 0 bridgehead atoms. The zero-order chi connectivity index (χ0) is 23.6. The van der Waals surface area contributed by atoms with Crippen LogP contribution in [0.2, 0.25) is 5.02 Å². The first-order chi connectivity index (χ1) is 15.7. The Morgan fingerprint density at radius 2 is 1.64 bits per heavy atom. The number of rotatable bonds is 4. The van der Waals surface area contributed by atoms with E-state index in [0.717, 1.165) is 23.3 Å². The summed E-state index contributed by atoms with van der Waals surface area (Å²) in [5, 5.41) is 11.5. The van der Waals surface area contributed by atoms with Crippen molar-refractivity contribution in [1.82, 2.24) is 4.90 Å². The Morgan fingerprint density at radius 3 is 2.27 bits per heavy atom. The van der Waals surface area contributed by atoms with Crippen molar-refractivity contribution in [3.63, 3.8) is 0 Å². The van der Waals surface area contributed by atoms with Crippen LogP contribution in [0.15, 0.2) is 72.8 Å². The lowest BCUT2D eigenvalue weighted by Crippen LogP contribution is -2.45. The lowest BCUT2D eigenvalue weighted by atomic mass is 9.83. The monoisotopic (exact) mass is 473 g/mol. The third-order valence-corrected chi connectivity index (χ3v) is 6.52. The van der Waals surface area contributed by atoms with Crippen LogP contribution < -0.4 is 0 Å². The predicted octanol–water partition coefficient (Wildman–Crippen LogP) is 6.08. The lowest BCUT2D eigenvalue weighted by Gasteiger charge is -2.39. The zero-order valence-corrected chi connectivity index (χ0v) is 18.5. The van der Waals surface area contributed by atoms with Gasteiger partial charge in [-0.1, -0.05) is 66.2 Å². The Bertz CT molecular complexity index is 1140. The summed E-state index contributed by atoms with van der Waals surface area (Å²) < 4.78 is 39.1. The minimum Gasteiger partial charge on any atom is -0.385 e. The number of alkyl halides is 3. The summed E-state index contributed by atoms with van der Waals surface area (Å²) in [4.78, 5) is 14.5. The summed E-state index contributed by atoms with van der Waals surface area (Å²) in [7, 11) is 0. The number of amides is 1. The number of aliphatic hydroxyl groups is 1. The topological polar surface area (TPSA) is 40.5 Å². The number of nitrogens with zero attached hydrogens (tertiary/aromatic N) is 1. The Hall–Kier alpha value is -2.83. The molecule has 0 radical (unpaired) electrons. The molecule has 33 heavy (non-hydrogen) atoms. The van der Waals surface area contributed by atoms with Crippen molar-refractivity contribution in [2.45, 2.75) is 31.0 Å². The van der Waals surface area contributed by atoms with Gasteiger partial charge in [0.25, 0.3) is 0 Å². The van der Waals surface area contributed by atoms with E-state index in [2.05, 4.69) is 0 Å². The first-order valence-corrected chi connectivity index (χ1v) is 11.1. The van der Waals surface area contributed by atoms with Gasteiger partial charge in [0.15, 0.2) is 0 Å². The molecule has 1 amide bonds. The molecule has 1 heterocycles. The van der Waals surface area contributed by atoms with Crippen molar-refractivity contribution in [3.8, 4) is 11.1 Å². The molecule has 3 aromatic rings. The molecule has 0 aromatic heterocycles. The summed E-state index contributed by atoms with van der Waals surface area (Å²) in [6.07, 6.45) is -4.02. The number of carbonyl (C=O) groups excluding carboxylic acids is 1. The van der Waals surface area contributed by atoms with Gasteiger partial charge < -0.3 is 10.0 Å². The fraction of sp³-hybridized carbons (Fsp3) is 0.269. The minimum atomic E-state index is -4.47. The van der Waals surface area contributed by atoms with Crippen LogP contribution in [0.5, 0.6) is 0 Å². The van der Waals surface area contributed by atoms with Gasteiger partial charge in [-0.25, -0.2) is 0 Å². The van der Waals surface area contributed by atoms with Gasteiger partial charge in [-0.05, 0) is 53.3 Å². The van der Waals surface area contributed by atoms with E-state index in [1.165, 1.54) is 12.1 Å². The van der Waals surface area contributed by atoms with Gasteiger partial charge in [0.1, 0.15) is 0 Å². The molecule has 0 spiro atoms. The van der Waals surface area contributed by atoms with Gasteiger partial charge in [0, 0.05) is 18.1 Å². The highest BCUT2D eigenvalue weighted by atomic mass is 35.5. The van der Waals surface area contributed by atoms with Crippen LogP contribution in [0.3, 0.4) is 0 Å². The Balaban J connectivity index is 1.41. The molecule has 1 aliphatic heterocycles. The molecule has 1 saturated heterocycles. The Kier molecular flexibility index (Phi) is 6.50. The maximum atomic E-state index is 13.0. The molecule has 0 unspecified atom stereocenters. The number of halogens is 4. The Morgan fingerprint density at radius 1 is 0.939 bits per heavy atom. The number of carbonyl (C=O) groups is 1. The second kappa shape index (κ2) is 9.20. The molecule has 7 heteroatoms. The van der Waals surface area contributed by atoms with Crippen LogP contribution in [0.4, 0.5) is 13.2 Å². The summed E-state index contributed by atoms with van der Waals surface area (Å²) in [6.45, 7) is 0.511. The number of hydrogen-bond donors (Lipinski definition) is 1. The average Bonchev–Trinajstić information content (AvgIpc) is 2.81. The van der Waals surface area contributed by atoms with E-state index in [4.69, 9.17) is 11.6 Å². The summed E-state index contributed by atoms with van der Waals surface area (Å²) in [5.74, 6) is -0.129. The van der Waals surface area contributed by atoms with Gasteiger partial charge in [0.05, 0.1) is 17.6 Å². The van der Waals surface area contributed by atoms with Crippen molar-refractivity contribution in [2.24, 2.45) is 0 Å². The van der Waals surface area contributed by atoms with Crippen molar-refractivity contribution in [2.75, 3.05) is 13.1 Å². The van der Waals surface area contributed by atoms with Crippen LogP contribution >= 0.6 is 11.6 Å². The van der Waals surface area contributed by atoms with Gasteiger partial charge in [-0.2, -0.15) is 13.2 Å². The van der Waals surface area contributed by atoms with E-state index < -0.39 is 17.3 Å². The first kappa shape index (κ1) is 23.3. The smallest absolute Gasteiger partial charge is 0.385 e. The molecule has 1 fully saturated rings. The standard InChI is InChI=1S/C26H23ClF3NO2/c27-23-15-19(18-5-2-1-3-6-18)9-10-20(23)16-24(32)31-13-11-25(33,12-14-31)21-7-4-8-22(17-21)26(28,29)30/h1-10,15,17,33H,11-14,16H2. The van der Waals surface area contributed by atoms with E-state index in [0.29, 0.717) is 10.6 Å². The molecule has 172 valence electrons. The quantitative estimate of drug-likeness (QED) is 0.499. The van der Waals surface area contributed by atoms with Crippen molar-refractivity contribution >= 4 is 17.5 Å². The molecule has 4 rings (SSSR count). The van der Waals surface area contributed by atoms with Crippen LogP contribution in [0.25, 0.3) is 11.1 Å². The third-order valence-electron chi connectivity index (χ3n) is 6.17. The zero-order valence-electron chi connectivity index (χ0n) is 17.8. The average molecular weight is 474 g/mol. The maximum absolute atomic E-state index is 13.0. The molecule has 3 aromatic carbocycles. The second-order valence-electron chi connectivity index (χ2n) is 8.34. The van der Waals surface area contributed by atoms with Gasteiger partial charge >= 0.3 is 6.18 Å². The van der Waals surface area contributed by atoms with Gasteiger partial charge in [0.2, 0.25) is 5.91 Å². The van der Waals surface area contributed by atoms with Gasteiger partial charge in [-0.3, -0.25) is 4.79 Å². The number of piperidine rings is 1. The summed E-state index contributed by atoms with van der Waals surface area (Å²) >= 11 is 6.44. The fourth-order valence-electron chi connectivity index (χ4n) is 4.18. The highest BCUT2D eigenvalue weighted by molar-refractivity contribution is 6.31. The van der Waals surface area contributed by atoms with Crippen LogP contribution in [-0.2, 0) is 23.0 Å². The van der Waals surface area contributed by atoms with Crippen LogP contribution in [0, 0.1) is 0 Å². The minimum absolute atomic E-state index is 0.121. The van der Waals surface area contributed by atoms with Gasteiger partial charge in [-0.15, -0.1) is 0 Å². The molecule has 3 nitrogen and oxygen atoms in total. The van der Waals surface area contributed by atoms with E-state index in [1.54, 1.807) is 4.90 Å². The Labute approximate surface area is 195 Å². The molecular formula is C26H23ClF3NO2. The van der Waals surface area contributed by atoms with E-state index in [1.807, 2.05) is 48.5 Å². The largest absolute Gasteiger partial charge is 0.416 e. The predicted molar refractivity (Wildman–Crippen MR) is 122 cm³/mol. The van der Waals surface area contributed by atoms with E-state index >= 15 is 0 Å². The van der Waals surface area contributed by atoms with Crippen molar-refractivity contribution < 1.29 is 23.1 Å². The normalized spacial score (nSPS) is 16.0. The van der Waals surface area contributed by atoms with Crippen molar-refractivity contribution in [1.29, 1.82) is 0 Å². The molecule has 0 saturated carbocycles. The number of benzene rings is 3. The highest BCUT2D eigenvalue weighted by Gasteiger charge is 2.38. The first-order valence-electron chi connectivity index (χ1n) is 10.7. The molecule has 1 N–H and O–H groups in total. The maximum Gasteiger partial charge on any atom is 0.416 e. The molecule has 1 aliphatic rings. The van der Waals surface area contributed by atoms with Crippen LogP contribution in [-0.4, -0.2) is 29.0 Å². The van der Waals surface area contributed by atoms with E-state index in [-0.39, 0.29) is 43.8 Å². The number of hydrogen-bond acceptors (Lipinski definition) is 2. The SMILES string of the molecule is O=C(Cc1ccc(-c2ccccc2)cc1Cl)N1CCC(O)(c2cccc(C(F)(F)F)c2)CC1. The molecule has 0 aliphatic carbocycles. The van der Waals surface area contributed by atoms with Crippen molar-refractivity contribution in [3.05, 3.63) is 94.5 Å². The second-order valence-corrected chi connectivity index (χ2v) is 8.75. The summed E-state index contributed by atoms with van der Waals surface area (Å²) in [5.41, 5.74) is 0.736. The number of likely N-dealkylation sites (tertiary alicyclic amines) is 1. The highest BCUT2D eigenvalue weighted by Crippen LogP contribution is 2.37. The third kappa shape index (κ3) is 5.23. The fourth-order valence-corrected chi connectivity index (χ4v) is 4.42. The lowest BCUT2D eigenvalue weighted by molar-refractivity contribution is -0.137. The van der Waals surface area contributed by atoms with Crippen LogP contribution in [0.1, 0.15) is 29.5 Å². The molecule has 0 atom stereocenters. The molecular weight excluding hydrogens is 451 g/mol.